The number of fused-ring (bicyclic) bond motifs is 1. The van der Waals surface area contributed by atoms with Crippen LogP contribution in [0.15, 0.2) is 0 Å². The number of unbranched alkanes of at least 4 members (excludes halogenated alkanes) is 1. The zero-order chi connectivity index (χ0) is 13.1. The van der Waals surface area contributed by atoms with E-state index in [1.54, 1.807) is 4.90 Å². The summed E-state index contributed by atoms with van der Waals surface area (Å²) in [6.45, 7) is 5.96. The normalized spacial score (nSPS) is 14.5. The van der Waals surface area contributed by atoms with Gasteiger partial charge in [-0.1, -0.05) is 13.3 Å². The maximum absolute atomic E-state index is 11.9. The van der Waals surface area contributed by atoms with Crippen LogP contribution in [0.25, 0.3) is 0 Å². The number of aromatic nitrogens is 2. The van der Waals surface area contributed by atoms with Crippen molar-refractivity contribution < 1.29 is 9.53 Å². The number of carbonyl (C=O) groups is 1. The van der Waals surface area contributed by atoms with Crippen LogP contribution in [0.4, 0.5) is 4.79 Å². The summed E-state index contributed by atoms with van der Waals surface area (Å²) < 4.78 is 7.11. The van der Waals surface area contributed by atoms with Crippen LogP contribution >= 0.6 is 0 Å². The van der Waals surface area contributed by atoms with Crippen LogP contribution < -0.4 is 0 Å². The molecule has 1 amide bonds. The van der Waals surface area contributed by atoms with Crippen molar-refractivity contribution in [3.05, 3.63) is 17.0 Å². The molecule has 0 radical (unpaired) electrons. The molecule has 0 aromatic carbocycles. The van der Waals surface area contributed by atoms with Gasteiger partial charge in [-0.3, -0.25) is 4.68 Å². The largest absolute Gasteiger partial charge is 0.449 e. The van der Waals surface area contributed by atoms with E-state index in [0.717, 1.165) is 37.2 Å². The Kier molecular flexibility index (Phi) is 3.89. The molecule has 0 aliphatic carbocycles. The summed E-state index contributed by atoms with van der Waals surface area (Å²) in [5.41, 5.74) is 3.49. The van der Waals surface area contributed by atoms with E-state index in [9.17, 15) is 4.79 Å². The van der Waals surface area contributed by atoms with Gasteiger partial charge in [0.15, 0.2) is 0 Å². The third kappa shape index (κ3) is 2.49. The van der Waals surface area contributed by atoms with Gasteiger partial charge in [-0.05, 0) is 25.3 Å². The first-order valence-electron chi connectivity index (χ1n) is 6.56. The molecule has 100 valence electrons. The summed E-state index contributed by atoms with van der Waals surface area (Å²) >= 11 is 0. The van der Waals surface area contributed by atoms with Crippen molar-refractivity contribution in [2.45, 2.75) is 39.7 Å². The van der Waals surface area contributed by atoms with Gasteiger partial charge < -0.3 is 9.64 Å². The first-order valence-corrected chi connectivity index (χ1v) is 6.56. The van der Waals surface area contributed by atoms with Crippen LogP contribution in [0.3, 0.4) is 0 Å². The zero-order valence-electron chi connectivity index (χ0n) is 11.4. The van der Waals surface area contributed by atoms with Gasteiger partial charge in [0.25, 0.3) is 0 Å². The minimum Gasteiger partial charge on any atom is -0.449 e. The van der Waals surface area contributed by atoms with E-state index in [-0.39, 0.29) is 6.09 Å². The fourth-order valence-corrected chi connectivity index (χ4v) is 2.33. The average Bonchev–Trinajstić information content (AvgIpc) is 2.65. The van der Waals surface area contributed by atoms with E-state index in [4.69, 9.17) is 4.74 Å². The number of hydrogen-bond acceptors (Lipinski definition) is 3. The molecular weight excluding hydrogens is 230 g/mol. The van der Waals surface area contributed by atoms with Crippen LogP contribution in [-0.4, -0.2) is 33.9 Å². The Morgan fingerprint density at radius 3 is 3.00 bits per heavy atom. The lowest BCUT2D eigenvalue weighted by molar-refractivity contribution is 0.0956. The van der Waals surface area contributed by atoms with Gasteiger partial charge in [0.05, 0.1) is 24.5 Å². The number of amides is 1. The number of ether oxygens (including phenoxy) is 1. The fourth-order valence-electron chi connectivity index (χ4n) is 2.33. The highest BCUT2D eigenvalue weighted by molar-refractivity contribution is 5.68. The van der Waals surface area contributed by atoms with Gasteiger partial charge in [0, 0.05) is 13.6 Å². The lowest BCUT2D eigenvalue weighted by Crippen LogP contribution is -2.37. The monoisotopic (exact) mass is 251 g/mol. The second-order valence-electron chi connectivity index (χ2n) is 4.77. The molecule has 1 aliphatic rings. The second-order valence-corrected chi connectivity index (χ2v) is 4.77. The maximum Gasteiger partial charge on any atom is 0.410 e. The maximum atomic E-state index is 11.9. The minimum absolute atomic E-state index is 0.201. The fraction of sp³-hybridized carbons (Fsp3) is 0.692. The third-order valence-electron chi connectivity index (χ3n) is 3.43. The van der Waals surface area contributed by atoms with E-state index < -0.39 is 0 Å². The van der Waals surface area contributed by atoms with Crippen molar-refractivity contribution in [2.75, 3.05) is 13.2 Å². The molecule has 0 N–H and O–H groups in total. The van der Waals surface area contributed by atoms with E-state index in [1.165, 1.54) is 5.56 Å². The molecule has 0 saturated heterocycles. The molecule has 0 fully saturated rings. The van der Waals surface area contributed by atoms with Crippen molar-refractivity contribution >= 4 is 6.09 Å². The Morgan fingerprint density at radius 2 is 2.28 bits per heavy atom. The smallest absolute Gasteiger partial charge is 0.410 e. The van der Waals surface area contributed by atoms with Crippen LogP contribution in [0, 0.1) is 6.92 Å². The van der Waals surface area contributed by atoms with Crippen LogP contribution in [0.1, 0.15) is 36.7 Å². The molecule has 0 unspecified atom stereocenters. The number of rotatable bonds is 3. The molecular formula is C13H21N3O2. The predicted molar refractivity (Wildman–Crippen MR) is 68.3 cm³/mol. The van der Waals surface area contributed by atoms with Crippen LogP contribution in [-0.2, 0) is 24.8 Å². The molecule has 1 aromatic heterocycles. The molecule has 5 heteroatoms. The highest BCUT2D eigenvalue weighted by Crippen LogP contribution is 2.21. The minimum atomic E-state index is -0.201. The number of carbonyl (C=O) groups excluding carboxylic acids is 1. The summed E-state index contributed by atoms with van der Waals surface area (Å²) in [5.74, 6) is 0. The summed E-state index contributed by atoms with van der Waals surface area (Å²) in [6.07, 6.45) is 2.64. The number of hydrogen-bond donors (Lipinski definition) is 0. The Labute approximate surface area is 108 Å². The summed E-state index contributed by atoms with van der Waals surface area (Å²) in [6, 6.07) is 0. The van der Waals surface area contributed by atoms with Gasteiger partial charge >= 0.3 is 6.09 Å². The first-order chi connectivity index (χ1) is 8.63. The summed E-state index contributed by atoms with van der Waals surface area (Å²) in [5, 5.41) is 4.40. The Hall–Kier alpha value is -1.52. The lowest BCUT2D eigenvalue weighted by Gasteiger charge is -2.26. The molecule has 1 aliphatic heterocycles. The third-order valence-corrected chi connectivity index (χ3v) is 3.43. The van der Waals surface area contributed by atoms with Crippen molar-refractivity contribution in [1.29, 1.82) is 0 Å². The topological polar surface area (TPSA) is 47.4 Å². The van der Waals surface area contributed by atoms with Gasteiger partial charge in [0.1, 0.15) is 0 Å². The van der Waals surface area contributed by atoms with E-state index in [2.05, 4.69) is 12.0 Å². The van der Waals surface area contributed by atoms with E-state index >= 15 is 0 Å². The molecule has 1 aromatic rings. The van der Waals surface area contributed by atoms with Crippen LogP contribution in [0.5, 0.6) is 0 Å². The van der Waals surface area contributed by atoms with Gasteiger partial charge in [0.2, 0.25) is 0 Å². The van der Waals surface area contributed by atoms with E-state index in [0.29, 0.717) is 13.2 Å². The van der Waals surface area contributed by atoms with Crippen molar-refractivity contribution in [3.63, 3.8) is 0 Å². The van der Waals surface area contributed by atoms with Crippen molar-refractivity contribution in [2.24, 2.45) is 7.05 Å². The Balaban J connectivity index is 1.99. The van der Waals surface area contributed by atoms with Crippen molar-refractivity contribution in [1.82, 2.24) is 14.7 Å². The second kappa shape index (κ2) is 5.42. The quantitative estimate of drug-likeness (QED) is 0.772. The molecule has 0 spiro atoms. The molecule has 0 atom stereocenters. The summed E-state index contributed by atoms with van der Waals surface area (Å²) in [7, 11) is 1.93. The van der Waals surface area contributed by atoms with Crippen LogP contribution in [0.2, 0.25) is 0 Å². The lowest BCUT2D eigenvalue weighted by atomic mass is 10.1. The average molecular weight is 251 g/mol. The SMILES string of the molecule is CCCCOC(=O)N1CCc2c(C)nn(C)c2C1. The van der Waals surface area contributed by atoms with Crippen molar-refractivity contribution in [3.8, 4) is 0 Å². The Morgan fingerprint density at radius 1 is 1.50 bits per heavy atom. The zero-order valence-corrected chi connectivity index (χ0v) is 11.4. The summed E-state index contributed by atoms with van der Waals surface area (Å²) in [4.78, 5) is 13.6. The molecule has 18 heavy (non-hydrogen) atoms. The number of nitrogens with zero attached hydrogens (tertiary/aromatic N) is 3. The molecule has 2 heterocycles. The molecule has 5 nitrogen and oxygen atoms in total. The van der Waals surface area contributed by atoms with Gasteiger partial charge in [-0.25, -0.2) is 4.79 Å². The van der Waals surface area contributed by atoms with Gasteiger partial charge in [-0.15, -0.1) is 0 Å². The molecule has 0 bridgehead atoms. The molecule has 2 rings (SSSR count). The highest BCUT2D eigenvalue weighted by atomic mass is 16.6. The highest BCUT2D eigenvalue weighted by Gasteiger charge is 2.25. The number of aryl methyl sites for hydroxylation is 2. The molecule has 0 saturated carbocycles. The van der Waals surface area contributed by atoms with Gasteiger partial charge in [-0.2, -0.15) is 5.10 Å². The standard InChI is InChI=1S/C13H21N3O2/c1-4-5-8-18-13(17)16-7-6-11-10(2)14-15(3)12(11)9-16/h4-9H2,1-3H3. The first kappa shape index (κ1) is 12.9. The Bertz CT molecular complexity index is 440. The van der Waals surface area contributed by atoms with E-state index in [1.807, 2.05) is 18.7 Å². The predicted octanol–water partition coefficient (Wildman–Crippen LogP) is 2.02.